The highest BCUT2D eigenvalue weighted by molar-refractivity contribution is 5.08. The highest BCUT2D eigenvalue weighted by atomic mass is 16.3. The summed E-state index contributed by atoms with van der Waals surface area (Å²) >= 11 is 0. The third kappa shape index (κ3) is 2.58. The van der Waals surface area contributed by atoms with Crippen LogP contribution in [-0.4, -0.2) is 20.1 Å². The smallest absolute Gasteiger partial charge is 0.108 e. The van der Waals surface area contributed by atoms with Gasteiger partial charge in [0.25, 0.3) is 0 Å². The highest BCUT2D eigenvalue weighted by Gasteiger charge is 2.37. The van der Waals surface area contributed by atoms with Crippen LogP contribution in [0, 0.1) is 11.3 Å². The topological polar surface area (TPSA) is 50.9 Å². The maximum Gasteiger partial charge on any atom is 0.108 e. The molecule has 0 saturated heterocycles. The molecule has 1 saturated carbocycles. The average Bonchev–Trinajstić information content (AvgIpc) is 2.57. The first-order valence-corrected chi connectivity index (χ1v) is 6.90. The molecule has 1 aliphatic carbocycles. The Bertz CT molecular complexity index is 407. The van der Waals surface area contributed by atoms with E-state index in [9.17, 15) is 5.11 Å². The molecule has 1 aromatic rings. The van der Waals surface area contributed by atoms with Crippen molar-refractivity contribution in [1.82, 2.24) is 15.0 Å². The molecule has 2 atom stereocenters. The summed E-state index contributed by atoms with van der Waals surface area (Å²) in [6.07, 6.45) is 6.69. The van der Waals surface area contributed by atoms with Gasteiger partial charge in [-0.1, -0.05) is 26.0 Å². The summed E-state index contributed by atoms with van der Waals surface area (Å²) in [5, 5.41) is 18.7. The lowest BCUT2D eigenvalue weighted by molar-refractivity contribution is 0.0102. The average molecular weight is 251 g/mol. The Hall–Kier alpha value is -0.900. The molecule has 0 bridgehead atoms. The minimum Gasteiger partial charge on any atom is -0.384 e. The molecule has 1 heterocycles. The van der Waals surface area contributed by atoms with Crippen molar-refractivity contribution in [2.45, 2.75) is 58.5 Å². The van der Waals surface area contributed by atoms with Crippen molar-refractivity contribution in [2.24, 2.45) is 18.4 Å². The number of aryl methyl sites for hydroxylation is 1. The predicted molar refractivity (Wildman–Crippen MR) is 70.9 cm³/mol. The van der Waals surface area contributed by atoms with Crippen LogP contribution >= 0.6 is 0 Å². The van der Waals surface area contributed by atoms with Gasteiger partial charge in [0.15, 0.2) is 0 Å². The Morgan fingerprint density at radius 3 is 2.61 bits per heavy atom. The SMILES string of the molecule is Cn1nncc1C1(O)CCCC(C(C)(C)C)CC1. The van der Waals surface area contributed by atoms with Crippen molar-refractivity contribution in [1.29, 1.82) is 0 Å². The van der Waals surface area contributed by atoms with Crippen LogP contribution < -0.4 is 0 Å². The summed E-state index contributed by atoms with van der Waals surface area (Å²) < 4.78 is 1.71. The monoisotopic (exact) mass is 251 g/mol. The minimum atomic E-state index is -0.738. The minimum absolute atomic E-state index is 0.329. The fraction of sp³-hybridized carbons (Fsp3) is 0.857. The van der Waals surface area contributed by atoms with Crippen molar-refractivity contribution in [3.05, 3.63) is 11.9 Å². The van der Waals surface area contributed by atoms with Gasteiger partial charge in [0.2, 0.25) is 0 Å². The Labute approximate surface area is 109 Å². The van der Waals surface area contributed by atoms with Crippen LogP contribution in [0.4, 0.5) is 0 Å². The van der Waals surface area contributed by atoms with Gasteiger partial charge >= 0.3 is 0 Å². The molecule has 0 aromatic carbocycles. The standard InChI is InChI=1S/C14H25N3O/c1-13(2,3)11-6-5-8-14(18,9-7-11)12-10-15-16-17(12)4/h10-11,18H,5-9H2,1-4H3. The molecule has 0 aliphatic heterocycles. The van der Waals surface area contributed by atoms with E-state index in [1.54, 1.807) is 10.9 Å². The quantitative estimate of drug-likeness (QED) is 0.781. The molecule has 0 radical (unpaired) electrons. The molecule has 1 aliphatic rings. The maximum atomic E-state index is 10.9. The largest absolute Gasteiger partial charge is 0.384 e. The number of hydrogen-bond acceptors (Lipinski definition) is 3. The van der Waals surface area contributed by atoms with E-state index in [1.165, 1.54) is 6.42 Å². The summed E-state index contributed by atoms with van der Waals surface area (Å²) in [7, 11) is 1.85. The summed E-state index contributed by atoms with van der Waals surface area (Å²) in [6.45, 7) is 6.90. The molecule has 4 heteroatoms. The third-order valence-corrected chi connectivity index (χ3v) is 4.47. The van der Waals surface area contributed by atoms with Crippen LogP contribution in [0.25, 0.3) is 0 Å². The fourth-order valence-corrected chi connectivity index (χ4v) is 3.16. The van der Waals surface area contributed by atoms with E-state index in [4.69, 9.17) is 0 Å². The molecule has 1 aromatic heterocycles. The first-order chi connectivity index (χ1) is 8.33. The van der Waals surface area contributed by atoms with Crippen LogP contribution in [0.2, 0.25) is 0 Å². The van der Waals surface area contributed by atoms with Gasteiger partial charge in [-0.15, -0.1) is 5.10 Å². The summed E-state index contributed by atoms with van der Waals surface area (Å²) in [5.74, 6) is 0.688. The van der Waals surface area contributed by atoms with E-state index < -0.39 is 5.60 Å². The second-order valence-corrected chi connectivity index (χ2v) is 6.77. The summed E-state index contributed by atoms with van der Waals surface area (Å²) in [6, 6.07) is 0. The third-order valence-electron chi connectivity index (χ3n) is 4.47. The zero-order valence-corrected chi connectivity index (χ0v) is 12.0. The van der Waals surface area contributed by atoms with Crippen molar-refractivity contribution >= 4 is 0 Å². The van der Waals surface area contributed by atoms with E-state index in [1.807, 2.05) is 7.05 Å². The van der Waals surface area contributed by atoms with Crippen molar-refractivity contribution in [3.8, 4) is 0 Å². The lowest BCUT2D eigenvalue weighted by Crippen LogP contribution is -2.28. The summed E-state index contributed by atoms with van der Waals surface area (Å²) in [4.78, 5) is 0. The van der Waals surface area contributed by atoms with Crippen LogP contribution in [0.15, 0.2) is 6.20 Å². The fourth-order valence-electron chi connectivity index (χ4n) is 3.16. The van der Waals surface area contributed by atoms with Gasteiger partial charge in [0, 0.05) is 7.05 Å². The molecule has 2 rings (SSSR count). The van der Waals surface area contributed by atoms with Gasteiger partial charge in [-0.2, -0.15) is 0 Å². The Kier molecular flexibility index (Phi) is 3.49. The molecule has 1 fully saturated rings. The van der Waals surface area contributed by atoms with Gasteiger partial charge in [-0.05, 0) is 43.4 Å². The molecule has 1 N–H and O–H groups in total. The van der Waals surface area contributed by atoms with E-state index >= 15 is 0 Å². The first-order valence-electron chi connectivity index (χ1n) is 6.90. The van der Waals surface area contributed by atoms with E-state index in [2.05, 4.69) is 31.1 Å². The van der Waals surface area contributed by atoms with Crippen molar-refractivity contribution in [2.75, 3.05) is 0 Å². The molecule has 18 heavy (non-hydrogen) atoms. The maximum absolute atomic E-state index is 10.9. The van der Waals surface area contributed by atoms with Crippen LogP contribution in [0.3, 0.4) is 0 Å². The first kappa shape index (κ1) is 13.5. The molecular weight excluding hydrogens is 226 g/mol. The molecule has 2 unspecified atom stereocenters. The molecule has 0 spiro atoms. The lowest BCUT2D eigenvalue weighted by Gasteiger charge is -2.30. The summed E-state index contributed by atoms with van der Waals surface area (Å²) in [5.41, 5.74) is 0.450. The van der Waals surface area contributed by atoms with E-state index in [0.29, 0.717) is 11.3 Å². The normalized spacial score (nSPS) is 30.2. The highest BCUT2D eigenvalue weighted by Crippen LogP contribution is 2.42. The van der Waals surface area contributed by atoms with Gasteiger partial charge < -0.3 is 5.11 Å². The Morgan fingerprint density at radius 1 is 1.33 bits per heavy atom. The Balaban J connectivity index is 2.16. The molecule has 102 valence electrons. The predicted octanol–water partition coefficient (Wildman–Crippen LogP) is 2.63. The zero-order chi connectivity index (χ0) is 13.4. The van der Waals surface area contributed by atoms with Gasteiger partial charge in [-0.25, -0.2) is 4.68 Å². The molecular formula is C14H25N3O. The second-order valence-electron chi connectivity index (χ2n) is 6.77. The second kappa shape index (κ2) is 4.65. The van der Waals surface area contributed by atoms with Crippen molar-refractivity contribution in [3.63, 3.8) is 0 Å². The molecule has 0 amide bonds. The molecule has 4 nitrogen and oxygen atoms in total. The number of aliphatic hydroxyl groups is 1. The Morgan fingerprint density at radius 2 is 2.06 bits per heavy atom. The van der Waals surface area contributed by atoms with Crippen LogP contribution in [-0.2, 0) is 12.6 Å². The zero-order valence-electron chi connectivity index (χ0n) is 12.0. The lowest BCUT2D eigenvalue weighted by atomic mass is 9.76. The van der Waals surface area contributed by atoms with Crippen LogP contribution in [0.5, 0.6) is 0 Å². The van der Waals surface area contributed by atoms with Crippen molar-refractivity contribution < 1.29 is 5.11 Å². The van der Waals surface area contributed by atoms with Gasteiger partial charge in [0.05, 0.1) is 11.9 Å². The van der Waals surface area contributed by atoms with E-state index in [-0.39, 0.29) is 0 Å². The van der Waals surface area contributed by atoms with E-state index in [0.717, 1.165) is 31.4 Å². The number of hydrogen-bond donors (Lipinski definition) is 1. The van der Waals surface area contributed by atoms with Crippen LogP contribution in [0.1, 0.15) is 58.6 Å². The number of nitrogens with zero attached hydrogens (tertiary/aromatic N) is 3. The number of aromatic nitrogens is 3. The van der Waals surface area contributed by atoms with Gasteiger partial charge in [-0.3, -0.25) is 0 Å². The number of rotatable bonds is 1. The van der Waals surface area contributed by atoms with Gasteiger partial charge in [0.1, 0.15) is 5.60 Å².